The first-order valence-electron chi connectivity index (χ1n) is 6.68. The van der Waals surface area contributed by atoms with Crippen LogP contribution in [-0.4, -0.2) is 5.11 Å². The Morgan fingerprint density at radius 3 is 2.50 bits per heavy atom. The first-order chi connectivity index (χ1) is 9.46. The summed E-state index contributed by atoms with van der Waals surface area (Å²) in [5.41, 5.74) is 0.957. The van der Waals surface area contributed by atoms with Gasteiger partial charge in [-0.15, -0.1) is 0 Å². The smallest absolute Gasteiger partial charge is 0.129 e. The first-order valence-corrected chi connectivity index (χ1v) is 7.06. The largest absolute Gasteiger partial charge is 0.385 e. The molecule has 0 heterocycles. The molecule has 0 aliphatic carbocycles. The van der Waals surface area contributed by atoms with E-state index in [1.165, 1.54) is 6.07 Å². The molecule has 1 atom stereocenters. The Labute approximate surface area is 124 Å². The SMILES string of the molecule is CCC(O)(Cc1ccc(C)cc1Cl)c1ccccc1F. The van der Waals surface area contributed by atoms with Gasteiger partial charge in [0.05, 0.1) is 5.60 Å². The van der Waals surface area contributed by atoms with Crippen molar-refractivity contribution in [2.24, 2.45) is 0 Å². The molecular weight excluding hydrogens is 275 g/mol. The number of aryl methyl sites for hydroxylation is 1. The lowest BCUT2D eigenvalue weighted by Gasteiger charge is -2.28. The highest BCUT2D eigenvalue weighted by molar-refractivity contribution is 6.31. The molecule has 2 aromatic carbocycles. The zero-order valence-electron chi connectivity index (χ0n) is 11.7. The maximum Gasteiger partial charge on any atom is 0.129 e. The van der Waals surface area contributed by atoms with Crippen molar-refractivity contribution in [3.63, 3.8) is 0 Å². The average molecular weight is 293 g/mol. The van der Waals surface area contributed by atoms with Gasteiger partial charge in [-0.2, -0.15) is 0 Å². The highest BCUT2D eigenvalue weighted by Gasteiger charge is 2.30. The second kappa shape index (κ2) is 5.94. The van der Waals surface area contributed by atoms with E-state index in [1.807, 2.05) is 32.0 Å². The van der Waals surface area contributed by atoms with Gasteiger partial charge < -0.3 is 5.11 Å². The Hall–Kier alpha value is -1.38. The van der Waals surface area contributed by atoms with Crippen molar-refractivity contribution in [2.45, 2.75) is 32.3 Å². The predicted octanol–water partition coefficient (Wildman–Crippen LogP) is 4.63. The van der Waals surface area contributed by atoms with Gasteiger partial charge in [-0.25, -0.2) is 4.39 Å². The Kier molecular flexibility index (Phi) is 4.46. The maximum atomic E-state index is 13.9. The van der Waals surface area contributed by atoms with E-state index < -0.39 is 5.60 Å². The van der Waals surface area contributed by atoms with Gasteiger partial charge in [0.25, 0.3) is 0 Å². The number of hydrogen-bond donors (Lipinski definition) is 1. The van der Waals surface area contributed by atoms with E-state index in [4.69, 9.17) is 11.6 Å². The van der Waals surface area contributed by atoms with Crippen molar-refractivity contribution >= 4 is 11.6 Å². The van der Waals surface area contributed by atoms with Crippen molar-refractivity contribution in [1.29, 1.82) is 0 Å². The lowest BCUT2D eigenvalue weighted by Crippen LogP contribution is -2.29. The summed E-state index contributed by atoms with van der Waals surface area (Å²) in [4.78, 5) is 0. The van der Waals surface area contributed by atoms with Crippen LogP contribution in [0.15, 0.2) is 42.5 Å². The number of hydrogen-bond acceptors (Lipinski definition) is 1. The van der Waals surface area contributed by atoms with Crippen LogP contribution in [0.25, 0.3) is 0 Å². The fraction of sp³-hybridized carbons (Fsp3) is 0.294. The maximum absolute atomic E-state index is 13.9. The second-order valence-corrected chi connectivity index (χ2v) is 5.54. The van der Waals surface area contributed by atoms with E-state index in [-0.39, 0.29) is 5.82 Å². The van der Waals surface area contributed by atoms with Crippen LogP contribution < -0.4 is 0 Å². The Morgan fingerprint density at radius 1 is 1.20 bits per heavy atom. The highest BCUT2D eigenvalue weighted by Crippen LogP contribution is 2.33. The second-order valence-electron chi connectivity index (χ2n) is 5.14. The minimum atomic E-state index is -1.25. The van der Waals surface area contributed by atoms with Crippen LogP contribution in [0.1, 0.15) is 30.0 Å². The zero-order valence-corrected chi connectivity index (χ0v) is 12.4. The fourth-order valence-electron chi connectivity index (χ4n) is 2.36. The van der Waals surface area contributed by atoms with Crippen LogP contribution in [0.4, 0.5) is 4.39 Å². The van der Waals surface area contributed by atoms with Crippen LogP contribution in [-0.2, 0) is 12.0 Å². The van der Waals surface area contributed by atoms with Crippen LogP contribution in [0, 0.1) is 12.7 Å². The van der Waals surface area contributed by atoms with Crippen molar-refractivity contribution in [2.75, 3.05) is 0 Å². The van der Waals surface area contributed by atoms with Gasteiger partial charge >= 0.3 is 0 Å². The highest BCUT2D eigenvalue weighted by atomic mass is 35.5. The molecule has 2 rings (SSSR count). The summed E-state index contributed by atoms with van der Waals surface area (Å²) in [6.45, 7) is 3.80. The molecule has 0 aliphatic heterocycles. The normalized spacial score (nSPS) is 14.1. The van der Waals surface area contributed by atoms with Crippen molar-refractivity contribution in [3.05, 3.63) is 70.0 Å². The number of aliphatic hydroxyl groups is 1. The van der Waals surface area contributed by atoms with E-state index in [2.05, 4.69) is 0 Å². The minimum Gasteiger partial charge on any atom is -0.385 e. The van der Waals surface area contributed by atoms with Gasteiger partial charge in [0.2, 0.25) is 0 Å². The van der Waals surface area contributed by atoms with Crippen LogP contribution in [0.5, 0.6) is 0 Å². The van der Waals surface area contributed by atoms with Gasteiger partial charge in [0.15, 0.2) is 0 Å². The van der Waals surface area contributed by atoms with Crippen LogP contribution in [0.3, 0.4) is 0 Å². The molecule has 0 radical (unpaired) electrons. The molecule has 0 aliphatic rings. The average Bonchev–Trinajstić information content (AvgIpc) is 2.42. The molecule has 1 nitrogen and oxygen atoms in total. The summed E-state index contributed by atoms with van der Waals surface area (Å²) < 4.78 is 13.9. The molecule has 0 spiro atoms. The first kappa shape index (κ1) is 15.0. The summed E-state index contributed by atoms with van der Waals surface area (Å²) >= 11 is 6.21. The molecule has 0 saturated heterocycles. The Bertz CT molecular complexity index is 612. The summed E-state index contributed by atoms with van der Waals surface area (Å²) in [6, 6.07) is 12.0. The zero-order chi connectivity index (χ0) is 14.8. The van der Waals surface area contributed by atoms with E-state index in [0.717, 1.165) is 11.1 Å². The summed E-state index contributed by atoms with van der Waals surface area (Å²) in [6.07, 6.45) is 0.710. The topological polar surface area (TPSA) is 20.2 Å². The van der Waals surface area contributed by atoms with Gasteiger partial charge in [-0.3, -0.25) is 0 Å². The molecule has 0 fully saturated rings. The fourth-order valence-corrected chi connectivity index (χ4v) is 2.66. The molecule has 0 bridgehead atoms. The monoisotopic (exact) mass is 292 g/mol. The summed E-state index contributed by atoms with van der Waals surface area (Å²) in [7, 11) is 0. The van der Waals surface area contributed by atoms with Crippen molar-refractivity contribution in [1.82, 2.24) is 0 Å². The number of rotatable bonds is 4. The van der Waals surface area contributed by atoms with E-state index in [0.29, 0.717) is 23.4 Å². The van der Waals surface area contributed by atoms with Gasteiger partial charge in [-0.05, 0) is 36.6 Å². The van der Waals surface area contributed by atoms with Gasteiger partial charge in [0.1, 0.15) is 5.82 Å². The lowest BCUT2D eigenvalue weighted by molar-refractivity contribution is 0.0292. The predicted molar refractivity (Wildman–Crippen MR) is 80.5 cm³/mol. The van der Waals surface area contributed by atoms with Gasteiger partial charge in [0, 0.05) is 17.0 Å². The molecule has 0 aromatic heterocycles. The molecule has 106 valence electrons. The molecule has 1 N–H and O–H groups in total. The van der Waals surface area contributed by atoms with Crippen LogP contribution >= 0.6 is 11.6 Å². The standard InChI is InChI=1S/C17H18ClFO/c1-3-17(20,14-6-4-5-7-16(14)19)11-13-9-8-12(2)10-15(13)18/h4-10,20H,3,11H2,1-2H3. The van der Waals surface area contributed by atoms with E-state index >= 15 is 0 Å². The molecular formula is C17H18ClFO. The minimum absolute atomic E-state index is 0.295. The molecule has 20 heavy (non-hydrogen) atoms. The molecule has 0 saturated carbocycles. The molecule has 3 heteroatoms. The summed E-state index contributed by atoms with van der Waals surface area (Å²) in [5.74, 6) is -0.389. The number of benzene rings is 2. The molecule has 1 unspecified atom stereocenters. The lowest BCUT2D eigenvalue weighted by atomic mass is 9.84. The third kappa shape index (κ3) is 3.02. The van der Waals surface area contributed by atoms with Crippen molar-refractivity contribution in [3.8, 4) is 0 Å². The van der Waals surface area contributed by atoms with Gasteiger partial charge in [-0.1, -0.05) is 48.9 Å². The Balaban J connectivity index is 2.39. The van der Waals surface area contributed by atoms with E-state index in [9.17, 15) is 9.50 Å². The van der Waals surface area contributed by atoms with Crippen molar-refractivity contribution < 1.29 is 9.50 Å². The quantitative estimate of drug-likeness (QED) is 0.871. The third-order valence-electron chi connectivity index (χ3n) is 3.65. The third-order valence-corrected chi connectivity index (χ3v) is 4.00. The molecule has 2 aromatic rings. The molecule has 0 amide bonds. The summed E-state index contributed by atoms with van der Waals surface area (Å²) in [5, 5.41) is 11.4. The van der Waals surface area contributed by atoms with Crippen LogP contribution in [0.2, 0.25) is 5.02 Å². The van der Waals surface area contributed by atoms with E-state index in [1.54, 1.807) is 18.2 Å². The Morgan fingerprint density at radius 2 is 1.90 bits per heavy atom. The number of halogens is 2.